The fraction of sp³-hybridized carbons (Fsp3) is 1.00. The number of ether oxygens (including phenoxy) is 1. The zero-order valence-corrected chi connectivity index (χ0v) is 11.7. The molecule has 0 amide bonds. The minimum absolute atomic E-state index is 0.0724. The minimum Gasteiger partial charge on any atom is -0.411 e. The molecule has 6 heteroatoms. The van der Waals surface area contributed by atoms with Gasteiger partial charge in [0.1, 0.15) is 0 Å². The van der Waals surface area contributed by atoms with Crippen molar-refractivity contribution in [2.45, 2.75) is 51.0 Å². The van der Waals surface area contributed by atoms with Crippen LogP contribution < -0.4 is 0 Å². The average Bonchev–Trinajstić information content (AvgIpc) is 2.51. The van der Waals surface area contributed by atoms with E-state index in [0.717, 1.165) is 0 Å². The standard InChI is InChI=1S/C10H21N3O2Si/c1-10(2,3)16(4,5)15-9-7-14-6-8(9)12-13-11/h8-9H,6-7H2,1-5H3/t8-,9+/m1/s1. The Kier molecular flexibility index (Phi) is 4.01. The van der Waals surface area contributed by atoms with Gasteiger partial charge >= 0.3 is 0 Å². The summed E-state index contributed by atoms with van der Waals surface area (Å²) in [5, 5.41) is 3.89. The molecule has 1 aliphatic rings. The second-order valence-electron chi connectivity index (χ2n) is 5.73. The number of hydrogen-bond acceptors (Lipinski definition) is 3. The molecule has 1 fully saturated rings. The zero-order valence-electron chi connectivity index (χ0n) is 10.7. The van der Waals surface area contributed by atoms with Crippen LogP contribution in [0.1, 0.15) is 20.8 Å². The topological polar surface area (TPSA) is 67.2 Å². The Morgan fingerprint density at radius 1 is 1.38 bits per heavy atom. The van der Waals surface area contributed by atoms with E-state index in [1.54, 1.807) is 0 Å². The molecule has 0 N–H and O–H groups in total. The first-order chi connectivity index (χ1) is 7.28. The minimum atomic E-state index is -1.80. The zero-order chi connectivity index (χ0) is 12.4. The molecule has 0 saturated carbocycles. The van der Waals surface area contributed by atoms with E-state index in [-0.39, 0.29) is 17.2 Å². The lowest BCUT2D eigenvalue weighted by atomic mass is 10.2. The molecule has 1 heterocycles. The van der Waals surface area contributed by atoms with Gasteiger partial charge in [0.05, 0.1) is 25.4 Å². The highest BCUT2D eigenvalue weighted by Crippen LogP contribution is 2.38. The molecule has 0 bridgehead atoms. The molecule has 0 aromatic heterocycles. The summed E-state index contributed by atoms with van der Waals surface area (Å²) in [6.07, 6.45) is -0.0724. The lowest BCUT2D eigenvalue weighted by Gasteiger charge is -2.38. The van der Waals surface area contributed by atoms with Crippen molar-refractivity contribution in [3.63, 3.8) is 0 Å². The smallest absolute Gasteiger partial charge is 0.192 e. The highest BCUT2D eigenvalue weighted by atomic mass is 28.4. The van der Waals surface area contributed by atoms with Crippen LogP contribution >= 0.6 is 0 Å². The number of rotatable bonds is 3. The first kappa shape index (κ1) is 13.5. The van der Waals surface area contributed by atoms with E-state index in [1.165, 1.54) is 0 Å². The van der Waals surface area contributed by atoms with E-state index in [0.29, 0.717) is 13.2 Å². The average molecular weight is 243 g/mol. The molecule has 92 valence electrons. The Hall–Kier alpha value is -0.553. The monoisotopic (exact) mass is 243 g/mol. The maximum atomic E-state index is 8.46. The lowest BCUT2D eigenvalue weighted by Crippen LogP contribution is -2.46. The summed E-state index contributed by atoms with van der Waals surface area (Å²) < 4.78 is 11.5. The van der Waals surface area contributed by atoms with Crippen molar-refractivity contribution in [2.24, 2.45) is 5.11 Å². The Balaban J connectivity index is 2.70. The van der Waals surface area contributed by atoms with Crippen LogP contribution in [0, 0.1) is 0 Å². The molecule has 2 atom stereocenters. The lowest BCUT2D eigenvalue weighted by molar-refractivity contribution is 0.130. The van der Waals surface area contributed by atoms with Crippen LogP contribution in [0.2, 0.25) is 18.1 Å². The summed E-state index contributed by atoms with van der Waals surface area (Å²) in [7, 11) is -1.80. The maximum absolute atomic E-state index is 8.46. The molecule has 0 aliphatic carbocycles. The molecule has 5 nitrogen and oxygen atoms in total. The Morgan fingerprint density at radius 3 is 2.50 bits per heavy atom. The number of azide groups is 1. The summed E-state index contributed by atoms with van der Waals surface area (Å²) in [5.74, 6) is 0. The fourth-order valence-corrected chi connectivity index (χ4v) is 2.70. The van der Waals surface area contributed by atoms with E-state index < -0.39 is 8.32 Å². The van der Waals surface area contributed by atoms with Gasteiger partial charge in [-0.15, -0.1) is 0 Å². The summed E-state index contributed by atoms with van der Waals surface area (Å²) in [6, 6.07) is -0.167. The van der Waals surface area contributed by atoms with Gasteiger partial charge in [-0.3, -0.25) is 0 Å². The third kappa shape index (κ3) is 2.98. The number of hydrogen-bond donors (Lipinski definition) is 0. The molecular weight excluding hydrogens is 222 g/mol. The van der Waals surface area contributed by atoms with E-state index >= 15 is 0 Å². The molecule has 16 heavy (non-hydrogen) atoms. The van der Waals surface area contributed by atoms with Crippen LogP contribution in [0.25, 0.3) is 10.4 Å². The fourth-order valence-electron chi connectivity index (χ4n) is 1.37. The molecule has 1 aliphatic heterocycles. The van der Waals surface area contributed by atoms with E-state index in [1.807, 2.05) is 0 Å². The van der Waals surface area contributed by atoms with Crippen LogP contribution in [0.15, 0.2) is 5.11 Å². The van der Waals surface area contributed by atoms with Gasteiger partial charge in [-0.25, -0.2) is 0 Å². The van der Waals surface area contributed by atoms with Gasteiger partial charge in [0.15, 0.2) is 8.32 Å². The molecule has 1 rings (SSSR count). The van der Waals surface area contributed by atoms with Gasteiger partial charge in [0, 0.05) is 4.91 Å². The molecule has 0 spiro atoms. The quantitative estimate of drug-likeness (QED) is 0.331. The van der Waals surface area contributed by atoms with Crippen molar-refractivity contribution in [3.8, 4) is 0 Å². The van der Waals surface area contributed by atoms with Crippen molar-refractivity contribution in [3.05, 3.63) is 10.4 Å². The van der Waals surface area contributed by atoms with Crippen LogP contribution in [-0.2, 0) is 9.16 Å². The molecular formula is C10H21N3O2Si. The highest BCUT2D eigenvalue weighted by molar-refractivity contribution is 6.74. The molecule has 0 unspecified atom stereocenters. The maximum Gasteiger partial charge on any atom is 0.192 e. The van der Waals surface area contributed by atoms with Crippen molar-refractivity contribution in [1.82, 2.24) is 0 Å². The highest BCUT2D eigenvalue weighted by Gasteiger charge is 2.42. The van der Waals surface area contributed by atoms with Gasteiger partial charge < -0.3 is 9.16 Å². The van der Waals surface area contributed by atoms with Crippen molar-refractivity contribution in [1.29, 1.82) is 0 Å². The van der Waals surface area contributed by atoms with Crippen molar-refractivity contribution < 1.29 is 9.16 Å². The van der Waals surface area contributed by atoms with Gasteiger partial charge in [-0.2, -0.15) is 0 Å². The number of nitrogens with zero attached hydrogens (tertiary/aromatic N) is 3. The largest absolute Gasteiger partial charge is 0.411 e. The van der Waals surface area contributed by atoms with Gasteiger partial charge in [0.25, 0.3) is 0 Å². The molecule has 1 saturated heterocycles. The Labute approximate surface area is 97.9 Å². The first-order valence-corrected chi connectivity index (χ1v) is 8.48. The molecule has 0 aromatic carbocycles. The van der Waals surface area contributed by atoms with Gasteiger partial charge in [0.2, 0.25) is 0 Å². The van der Waals surface area contributed by atoms with Crippen molar-refractivity contribution >= 4 is 8.32 Å². The predicted octanol–water partition coefficient (Wildman–Crippen LogP) is 3.09. The normalized spacial score (nSPS) is 26.6. The molecule has 0 aromatic rings. The van der Waals surface area contributed by atoms with Crippen LogP contribution in [0.3, 0.4) is 0 Å². The second kappa shape index (κ2) is 4.75. The predicted molar refractivity (Wildman–Crippen MR) is 65.8 cm³/mol. The summed E-state index contributed by atoms with van der Waals surface area (Å²) in [4.78, 5) is 2.84. The van der Waals surface area contributed by atoms with E-state index in [9.17, 15) is 0 Å². The van der Waals surface area contributed by atoms with E-state index in [4.69, 9.17) is 14.7 Å². The van der Waals surface area contributed by atoms with Crippen molar-refractivity contribution in [2.75, 3.05) is 13.2 Å². The summed E-state index contributed by atoms with van der Waals surface area (Å²) in [5.41, 5.74) is 8.46. The van der Waals surface area contributed by atoms with Crippen LogP contribution in [0.4, 0.5) is 0 Å². The SMILES string of the molecule is CC(C)(C)[Si](C)(C)O[C@H]1COC[C@H]1N=[N+]=[N-]. The van der Waals surface area contributed by atoms with Gasteiger partial charge in [-0.1, -0.05) is 25.9 Å². The Morgan fingerprint density at radius 2 is 2.00 bits per heavy atom. The summed E-state index contributed by atoms with van der Waals surface area (Å²) >= 11 is 0. The Bertz CT molecular complexity index is 295. The van der Waals surface area contributed by atoms with Crippen LogP contribution in [-0.4, -0.2) is 33.7 Å². The molecule has 0 radical (unpaired) electrons. The third-order valence-electron chi connectivity index (χ3n) is 3.45. The van der Waals surface area contributed by atoms with Crippen LogP contribution in [0.5, 0.6) is 0 Å². The third-order valence-corrected chi connectivity index (χ3v) is 7.96. The summed E-state index contributed by atoms with van der Waals surface area (Å²) in [6.45, 7) is 12.0. The first-order valence-electron chi connectivity index (χ1n) is 5.58. The second-order valence-corrected chi connectivity index (χ2v) is 10.5. The van der Waals surface area contributed by atoms with Gasteiger partial charge in [-0.05, 0) is 23.7 Å². The van der Waals surface area contributed by atoms with E-state index in [2.05, 4.69) is 43.9 Å².